The Bertz CT molecular complexity index is 1650. The topological polar surface area (TPSA) is 135 Å². The Hall–Kier alpha value is -3.70. The van der Waals surface area contributed by atoms with E-state index in [1.807, 2.05) is 0 Å². The number of aromatic nitrogens is 2. The van der Waals surface area contributed by atoms with Crippen LogP contribution < -0.4 is 25.4 Å². The van der Waals surface area contributed by atoms with Crippen molar-refractivity contribution in [2.45, 2.75) is 12.5 Å². The Morgan fingerprint density at radius 2 is 1.69 bits per heavy atom. The highest BCUT2D eigenvalue weighted by Gasteiger charge is 2.35. The normalized spacial score (nSPS) is 12.6. The Kier molecular flexibility index (Phi) is 8.56. The first kappa shape index (κ1) is 29.9. The molecule has 0 bridgehead atoms. The smallest absolute Gasteiger partial charge is 0.431 e. The number of alkyl halides is 3. The second kappa shape index (κ2) is 11.2. The van der Waals surface area contributed by atoms with Crippen LogP contribution in [-0.4, -0.2) is 43.1 Å². The van der Waals surface area contributed by atoms with Gasteiger partial charge in [0.2, 0.25) is 10.0 Å². The summed E-state index contributed by atoms with van der Waals surface area (Å²) in [6, 6.07) is 7.47. The average molecular weight is 640 g/mol. The van der Waals surface area contributed by atoms with Crippen molar-refractivity contribution in [2.75, 3.05) is 13.4 Å². The molecule has 17 heteroatoms. The van der Waals surface area contributed by atoms with E-state index in [9.17, 15) is 40.4 Å². The monoisotopic (exact) mass is 639 g/mol. The Labute approximate surface area is 225 Å². The highest BCUT2D eigenvalue weighted by atomic mass is 79.9. The Balaban J connectivity index is 2.05. The minimum Gasteiger partial charge on any atom is -0.452 e. The Morgan fingerprint density at radius 1 is 1.08 bits per heavy atom. The van der Waals surface area contributed by atoms with Crippen molar-refractivity contribution in [2.24, 2.45) is 7.05 Å². The molecule has 0 aliphatic carbocycles. The summed E-state index contributed by atoms with van der Waals surface area (Å²) in [5.41, 5.74) is -5.15. The van der Waals surface area contributed by atoms with E-state index >= 15 is 0 Å². The summed E-state index contributed by atoms with van der Waals surface area (Å²) >= 11 is 3.07. The number of hydrogen-bond donors (Lipinski definition) is 1. The Morgan fingerprint density at radius 3 is 2.26 bits per heavy atom. The van der Waals surface area contributed by atoms with E-state index in [0.29, 0.717) is 0 Å². The second-order valence-corrected chi connectivity index (χ2v) is 10.4. The van der Waals surface area contributed by atoms with Crippen LogP contribution >= 0.6 is 15.9 Å². The van der Waals surface area contributed by atoms with Crippen LogP contribution in [0.4, 0.5) is 17.6 Å². The predicted octanol–water partition coefficient (Wildman–Crippen LogP) is 2.68. The molecule has 1 N–H and O–H groups in total. The number of hydrogen-bond acceptors (Lipinski definition) is 8. The lowest BCUT2D eigenvalue weighted by Gasteiger charge is -2.19. The number of carbonyl (C=O) groups is 1. The predicted molar refractivity (Wildman–Crippen MR) is 131 cm³/mol. The van der Waals surface area contributed by atoms with Gasteiger partial charge in [-0.15, -0.1) is 0 Å². The van der Waals surface area contributed by atoms with Crippen molar-refractivity contribution in [3.05, 3.63) is 79.3 Å². The molecule has 1 atom stereocenters. The first-order valence-electron chi connectivity index (χ1n) is 10.4. The molecule has 3 aromatic rings. The van der Waals surface area contributed by atoms with Crippen molar-refractivity contribution < 1.29 is 45.0 Å². The molecule has 0 saturated heterocycles. The molecule has 0 aliphatic heterocycles. The zero-order valence-electron chi connectivity index (χ0n) is 20.1. The summed E-state index contributed by atoms with van der Waals surface area (Å²) < 4.78 is 95.2. The van der Waals surface area contributed by atoms with Gasteiger partial charge in [0.25, 0.3) is 11.8 Å². The lowest BCUT2D eigenvalue weighted by atomic mass is 10.2. The second-order valence-electron chi connectivity index (χ2n) is 7.75. The zero-order valence-corrected chi connectivity index (χ0v) is 22.5. The molecular formula is C22H18BrF4N3O8S. The van der Waals surface area contributed by atoms with Crippen LogP contribution in [0.1, 0.15) is 5.69 Å². The van der Waals surface area contributed by atoms with Crippen molar-refractivity contribution >= 4 is 31.9 Å². The number of amides is 1. The molecule has 0 fully saturated rings. The van der Waals surface area contributed by atoms with Crippen LogP contribution in [-0.2, 0) is 32.8 Å². The van der Waals surface area contributed by atoms with Gasteiger partial charge in [0.05, 0.1) is 16.4 Å². The van der Waals surface area contributed by atoms with Gasteiger partial charge in [-0.25, -0.2) is 26.9 Å². The number of rotatable bonds is 8. The maximum atomic E-state index is 14.9. The molecule has 39 heavy (non-hydrogen) atoms. The van der Waals surface area contributed by atoms with E-state index in [1.54, 1.807) is 4.72 Å². The number of methoxy groups -OCH3 is 1. The van der Waals surface area contributed by atoms with E-state index < -0.39 is 56.8 Å². The largest absolute Gasteiger partial charge is 0.452 e. The number of nitrogens with one attached hydrogen (secondary N) is 1. The summed E-state index contributed by atoms with van der Waals surface area (Å²) in [5.74, 6) is -2.77. The number of nitrogens with zero attached hydrogens (tertiary/aromatic N) is 2. The average Bonchev–Trinajstić information content (AvgIpc) is 2.81. The van der Waals surface area contributed by atoms with Crippen molar-refractivity contribution in [1.82, 2.24) is 13.9 Å². The van der Waals surface area contributed by atoms with Crippen LogP contribution in [0, 0.1) is 5.82 Å². The number of halogens is 5. The van der Waals surface area contributed by atoms with E-state index in [0.717, 1.165) is 32.5 Å². The molecule has 2 aromatic carbocycles. The number of sulfonamides is 1. The summed E-state index contributed by atoms with van der Waals surface area (Å²) in [6.45, 7) is 0. The van der Waals surface area contributed by atoms with Crippen LogP contribution in [0.2, 0.25) is 0 Å². The van der Waals surface area contributed by atoms with E-state index in [2.05, 4.69) is 15.9 Å². The van der Waals surface area contributed by atoms with Gasteiger partial charge in [-0.2, -0.15) is 13.2 Å². The van der Waals surface area contributed by atoms with Gasteiger partial charge >= 0.3 is 17.8 Å². The lowest BCUT2D eigenvalue weighted by molar-refractivity contribution is -0.146. The molecule has 0 spiro atoms. The number of carbonyl (C=O) groups excluding carboxylic acids is 1. The number of ether oxygens (including phenoxy) is 3. The fraction of sp³-hybridized carbons (Fsp3) is 0.227. The molecule has 3 rings (SSSR count). The lowest BCUT2D eigenvalue weighted by Crippen LogP contribution is -2.42. The maximum absolute atomic E-state index is 14.9. The van der Waals surface area contributed by atoms with E-state index in [-0.39, 0.29) is 36.9 Å². The summed E-state index contributed by atoms with van der Waals surface area (Å²) in [4.78, 5) is 37.3. The van der Waals surface area contributed by atoms with Crippen LogP contribution in [0.3, 0.4) is 0 Å². The fourth-order valence-electron chi connectivity index (χ4n) is 3.19. The highest BCUT2D eigenvalue weighted by Crippen LogP contribution is 2.37. The fourth-order valence-corrected chi connectivity index (χ4v) is 4.05. The van der Waals surface area contributed by atoms with Gasteiger partial charge in [-0.3, -0.25) is 14.2 Å². The third-order valence-corrected chi connectivity index (χ3v) is 6.06. The van der Waals surface area contributed by atoms with Crippen molar-refractivity contribution in [1.29, 1.82) is 0 Å². The molecule has 0 radical (unpaired) electrons. The highest BCUT2D eigenvalue weighted by molar-refractivity contribution is 9.10. The standard InChI is InChI=1S/C22H18BrF4N3O8S/c1-29-17(22(25,26)27)10-18(31)30(21(29)33)13-9-16(11(23)8-12(13)24)37-14-6-4-5-7-15(14)38-20(36-2)19(32)28-39(3,34)35/h4-10,20H,1-3H3,(H,28,32)/t20-/m1/s1. The molecular weight excluding hydrogens is 622 g/mol. The molecule has 1 amide bonds. The summed E-state index contributed by atoms with van der Waals surface area (Å²) in [5, 5.41) is 0. The van der Waals surface area contributed by atoms with Crippen LogP contribution in [0.25, 0.3) is 5.69 Å². The summed E-state index contributed by atoms with van der Waals surface area (Å²) in [7, 11) is -2.10. The van der Waals surface area contributed by atoms with E-state index in [1.165, 1.54) is 24.3 Å². The van der Waals surface area contributed by atoms with Gasteiger partial charge in [0, 0.05) is 26.3 Å². The molecule has 11 nitrogen and oxygen atoms in total. The molecule has 0 saturated carbocycles. The number of benzene rings is 2. The third-order valence-electron chi connectivity index (χ3n) is 4.87. The molecule has 1 aromatic heterocycles. The number of para-hydroxylation sites is 2. The SMILES string of the molecule is CO[C@H](Oc1ccccc1Oc1cc(-n2c(=O)cc(C(F)(F)F)n(C)c2=O)c(F)cc1Br)C(=O)NS(C)(=O)=O. The van der Waals surface area contributed by atoms with E-state index in [4.69, 9.17) is 14.2 Å². The minimum absolute atomic E-state index is 0.0338. The quantitative estimate of drug-likeness (QED) is 0.294. The van der Waals surface area contributed by atoms with Gasteiger partial charge < -0.3 is 14.2 Å². The molecule has 0 aliphatic rings. The van der Waals surface area contributed by atoms with Gasteiger partial charge in [-0.05, 0) is 34.1 Å². The van der Waals surface area contributed by atoms with Gasteiger partial charge in [-0.1, -0.05) is 12.1 Å². The first-order chi connectivity index (χ1) is 18.0. The molecule has 0 unspecified atom stereocenters. The first-order valence-corrected chi connectivity index (χ1v) is 13.1. The van der Waals surface area contributed by atoms with Crippen LogP contribution in [0.15, 0.2) is 56.5 Å². The maximum Gasteiger partial charge on any atom is 0.431 e. The molecule has 1 heterocycles. The minimum atomic E-state index is -5.01. The summed E-state index contributed by atoms with van der Waals surface area (Å²) in [6.07, 6.45) is -6.01. The van der Waals surface area contributed by atoms with Crippen LogP contribution in [0.5, 0.6) is 17.2 Å². The molecule has 210 valence electrons. The van der Waals surface area contributed by atoms with Gasteiger partial charge in [0.1, 0.15) is 17.3 Å². The van der Waals surface area contributed by atoms with Gasteiger partial charge in [0.15, 0.2) is 11.5 Å². The third kappa shape index (κ3) is 6.85. The van der Waals surface area contributed by atoms with Crippen molar-refractivity contribution in [3.63, 3.8) is 0 Å². The zero-order chi connectivity index (χ0) is 29.3. The van der Waals surface area contributed by atoms with Crippen molar-refractivity contribution in [3.8, 4) is 22.9 Å².